The number of carbonyl (C=O) groups excluding carboxylic acids is 2. The lowest BCUT2D eigenvalue weighted by atomic mass is 9.73. The van der Waals surface area contributed by atoms with Gasteiger partial charge in [0.1, 0.15) is 5.92 Å². The van der Waals surface area contributed by atoms with Crippen molar-refractivity contribution in [3.8, 4) is 0 Å². The summed E-state index contributed by atoms with van der Waals surface area (Å²) in [7, 11) is 0. The highest BCUT2D eigenvalue weighted by Gasteiger charge is 2.47. The number of nitrogens with one attached hydrogen (secondary N) is 2. The first-order valence-electron chi connectivity index (χ1n) is 8.50. The number of rotatable bonds is 3. The number of aromatic amines is 2. The molecule has 2 N–H and O–H groups in total. The Bertz CT molecular complexity index is 954. The third-order valence-corrected chi connectivity index (χ3v) is 5.36. The number of hydrogen-bond donors (Lipinski definition) is 2. The Labute approximate surface area is 141 Å². The molecular formula is C20H24N2O2. The average molecular weight is 324 g/mol. The zero-order valence-corrected chi connectivity index (χ0v) is 15.0. The van der Waals surface area contributed by atoms with Gasteiger partial charge in [-0.1, -0.05) is 20.4 Å². The highest BCUT2D eigenvalue weighted by atomic mass is 16.2. The summed E-state index contributed by atoms with van der Waals surface area (Å²) in [6, 6.07) is 0. The first-order valence-corrected chi connectivity index (χ1v) is 8.50. The average Bonchev–Trinajstić information content (AvgIpc) is 2.96. The maximum Gasteiger partial charge on any atom is 0.185 e. The summed E-state index contributed by atoms with van der Waals surface area (Å²) in [4.78, 5) is 32.0. The molecule has 0 aromatic carbocycles. The van der Waals surface area contributed by atoms with Crippen molar-refractivity contribution >= 4 is 23.7 Å². The van der Waals surface area contributed by atoms with Crippen molar-refractivity contribution in [1.29, 1.82) is 0 Å². The zero-order chi connectivity index (χ0) is 17.8. The van der Waals surface area contributed by atoms with Gasteiger partial charge in [-0.2, -0.15) is 0 Å². The maximum atomic E-state index is 12.8. The molecule has 0 unspecified atom stereocenters. The van der Waals surface area contributed by atoms with Crippen LogP contribution in [0, 0.1) is 20.8 Å². The fourth-order valence-corrected chi connectivity index (χ4v) is 4.02. The molecule has 0 saturated heterocycles. The van der Waals surface area contributed by atoms with E-state index in [1.165, 1.54) is 5.56 Å². The molecule has 126 valence electrons. The van der Waals surface area contributed by atoms with Crippen LogP contribution in [0.25, 0.3) is 12.2 Å². The van der Waals surface area contributed by atoms with E-state index in [0.29, 0.717) is 10.9 Å². The molecule has 0 amide bonds. The highest BCUT2D eigenvalue weighted by Crippen LogP contribution is 2.37. The van der Waals surface area contributed by atoms with Crippen molar-refractivity contribution in [3.63, 3.8) is 0 Å². The molecule has 24 heavy (non-hydrogen) atoms. The largest absolute Gasteiger partial charge is 0.361 e. The van der Waals surface area contributed by atoms with Gasteiger partial charge in [0.15, 0.2) is 11.6 Å². The second-order valence-electron chi connectivity index (χ2n) is 6.59. The van der Waals surface area contributed by atoms with Gasteiger partial charge in [0.2, 0.25) is 0 Å². The molecule has 2 aromatic heterocycles. The molecule has 0 radical (unpaired) electrons. The molecule has 1 aliphatic carbocycles. The Morgan fingerprint density at radius 2 is 1.50 bits per heavy atom. The summed E-state index contributed by atoms with van der Waals surface area (Å²) in [6.07, 6.45) is 1.72. The maximum absolute atomic E-state index is 12.8. The number of aromatic nitrogens is 2. The van der Waals surface area contributed by atoms with Gasteiger partial charge in [-0.3, -0.25) is 9.59 Å². The molecule has 1 saturated carbocycles. The van der Waals surface area contributed by atoms with E-state index < -0.39 is 5.92 Å². The van der Waals surface area contributed by atoms with E-state index in [-0.39, 0.29) is 11.6 Å². The fourth-order valence-electron chi connectivity index (χ4n) is 4.02. The van der Waals surface area contributed by atoms with Gasteiger partial charge in [0.25, 0.3) is 0 Å². The summed E-state index contributed by atoms with van der Waals surface area (Å²) in [6.45, 7) is 14.0. The van der Waals surface area contributed by atoms with Crippen LogP contribution in [-0.4, -0.2) is 21.5 Å². The Morgan fingerprint density at radius 1 is 0.917 bits per heavy atom. The van der Waals surface area contributed by atoms with E-state index in [1.807, 2.05) is 27.7 Å². The molecule has 2 aromatic rings. The lowest BCUT2D eigenvalue weighted by Crippen LogP contribution is -2.43. The lowest BCUT2D eigenvalue weighted by Gasteiger charge is -2.25. The molecule has 2 heterocycles. The van der Waals surface area contributed by atoms with Crippen molar-refractivity contribution in [2.75, 3.05) is 0 Å². The van der Waals surface area contributed by atoms with Crippen LogP contribution in [0.3, 0.4) is 0 Å². The molecule has 4 nitrogen and oxygen atoms in total. The molecule has 0 bridgehead atoms. The van der Waals surface area contributed by atoms with E-state index in [2.05, 4.69) is 23.5 Å². The van der Waals surface area contributed by atoms with Crippen molar-refractivity contribution in [2.45, 2.75) is 53.4 Å². The number of carbonyl (C=O) groups is 2. The van der Waals surface area contributed by atoms with Gasteiger partial charge in [0.05, 0.1) is 10.9 Å². The van der Waals surface area contributed by atoms with Crippen molar-refractivity contribution in [3.05, 3.63) is 44.3 Å². The van der Waals surface area contributed by atoms with Crippen LogP contribution in [0.1, 0.15) is 53.4 Å². The minimum atomic E-state index is -0.681. The molecule has 0 atom stereocenters. The molecule has 4 heteroatoms. The van der Waals surface area contributed by atoms with Gasteiger partial charge in [-0.05, 0) is 55.9 Å². The Balaban J connectivity index is 2.12. The molecule has 0 aliphatic heterocycles. The predicted molar refractivity (Wildman–Crippen MR) is 95.5 cm³/mol. The van der Waals surface area contributed by atoms with Crippen molar-refractivity contribution < 1.29 is 9.59 Å². The summed E-state index contributed by atoms with van der Waals surface area (Å²) in [5.41, 5.74) is 6.39. The Hall–Kier alpha value is -2.36. The molecule has 0 spiro atoms. The van der Waals surface area contributed by atoms with Crippen LogP contribution < -0.4 is 10.7 Å². The van der Waals surface area contributed by atoms with Crippen LogP contribution in [0.15, 0.2) is 0 Å². The predicted octanol–water partition coefficient (Wildman–Crippen LogP) is 1.89. The Kier molecular flexibility index (Phi) is 3.86. The van der Waals surface area contributed by atoms with Crippen LogP contribution in [0.5, 0.6) is 0 Å². The SMILES string of the molecule is C=c1[nH]c(=C2C(=O)C(c3[nH]c(C)c(CC)c3C)C2=O)c(C)c1CC. The van der Waals surface area contributed by atoms with Gasteiger partial charge in [0, 0.05) is 16.7 Å². The van der Waals surface area contributed by atoms with Gasteiger partial charge in [-0.15, -0.1) is 0 Å². The first-order chi connectivity index (χ1) is 11.3. The van der Waals surface area contributed by atoms with Crippen LogP contribution in [0.2, 0.25) is 0 Å². The third-order valence-electron chi connectivity index (χ3n) is 5.36. The summed E-state index contributed by atoms with van der Waals surface area (Å²) < 4.78 is 0. The van der Waals surface area contributed by atoms with Crippen LogP contribution in [0.4, 0.5) is 0 Å². The minimum Gasteiger partial charge on any atom is -0.361 e. The van der Waals surface area contributed by atoms with E-state index in [0.717, 1.165) is 46.3 Å². The summed E-state index contributed by atoms with van der Waals surface area (Å²) in [5.74, 6) is -0.877. The molecule has 3 rings (SSSR count). The highest BCUT2D eigenvalue weighted by molar-refractivity contribution is 6.59. The number of aryl methyl sites for hydroxylation is 1. The first kappa shape index (κ1) is 16.5. The number of H-pyrrole nitrogens is 2. The van der Waals surface area contributed by atoms with Crippen LogP contribution >= 0.6 is 0 Å². The second kappa shape index (κ2) is 5.62. The lowest BCUT2D eigenvalue weighted by molar-refractivity contribution is -0.129. The van der Waals surface area contributed by atoms with Crippen molar-refractivity contribution in [1.82, 2.24) is 9.97 Å². The zero-order valence-electron chi connectivity index (χ0n) is 15.0. The van der Waals surface area contributed by atoms with Gasteiger partial charge >= 0.3 is 0 Å². The van der Waals surface area contributed by atoms with E-state index in [1.54, 1.807) is 0 Å². The van der Waals surface area contributed by atoms with Crippen LogP contribution in [-0.2, 0) is 22.4 Å². The van der Waals surface area contributed by atoms with Gasteiger partial charge < -0.3 is 9.97 Å². The second-order valence-corrected chi connectivity index (χ2v) is 6.59. The van der Waals surface area contributed by atoms with E-state index >= 15 is 0 Å². The summed E-state index contributed by atoms with van der Waals surface area (Å²) >= 11 is 0. The van der Waals surface area contributed by atoms with Crippen molar-refractivity contribution in [2.24, 2.45) is 0 Å². The topological polar surface area (TPSA) is 65.7 Å². The number of hydrogen-bond acceptors (Lipinski definition) is 2. The number of ketones is 2. The third kappa shape index (κ3) is 2.05. The smallest absolute Gasteiger partial charge is 0.185 e. The minimum absolute atomic E-state index is 0.0981. The van der Waals surface area contributed by atoms with E-state index in [9.17, 15) is 9.59 Å². The molecular weight excluding hydrogens is 300 g/mol. The normalized spacial score (nSPS) is 17.5. The van der Waals surface area contributed by atoms with Gasteiger partial charge in [-0.25, -0.2) is 0 Å². The monoisotopic (exact) mass is 324 g/mol. The Morgan fingerprint density at radius 3 is 1.96 bits per heavy atom. The summed E-state index contributed by atoms with van der Waals surface area (Å²) in [5, 5.41) is 1.45. The quantitative estimate of drug-likeness (QED) is 0.847. The molecule has 1 aliphatic rings. The standard InChI is InChI=1S/C20H24N2O2/c1-7-13-9(3)17(21-11(13)5)15-19(23)16(20(15)24)18-10(4)14(8-2)12(6)22-18/h16,21-22H,5,7-8H2,1-4,6H3. The number of Topliss-reactive ketones (excluding diaryl/α,β-unsaturated/α-hetero) is 2. The van der Waals surface area contributed by atoms with E-state index in [4.69, 9.17) is 0 Å². The fraction of sp³-hybridized carbons (Fsp3) is 0.400. The molecule has 1 fully saturated rings.